The minimum absolute atomic E-state index is 0.0665. The van der Waals surface area contributed by atoms with Crippen molar-refractivity contribution in [1.29, 1.82) is 0 Å². The zero-order valence-electron chi connectivity index (χ0n) is 19.2. The van der Waals surface area contributed by atoms with Crippen LogP contribution in [0, 0.1) is 0 Å². The number of carbonyl (C=O) groups excluding carboxylic acids is 1. The number of anilines is 1. The molecule has 0 unspecified atom stereocenters. The Bertz CT molecular complexity index is 1760. The third-order valence-electron chi connectivity index (χ3n) is 5.62. The van der Waals surface area contributed by atoms with Crippen LogP contribution in [0.15, 0.2) is 101 Å². The van der Waals surface area contributed by atoms with Crippen LogP contribution in [0.5, 0.6) is 0 Å². The maximum atomic E-state index is 13.1. The number of nitrogens with one attached hydrogen (secondary N) is 3. The quantitative estimate of drug-likeness (QED) is 0.290. The Morgan fingerprint density at radius 3 is 2.51 bits per heavy atom. The first-order valence-corrected chi connectivity index (χ1v) is 13.0. The molecular weight excluding hydrogens is 514 g/mol. The van der Waals surface area contributed by atoms with Crippen LogP contribution in [0.4, 0.5) is 5.82 Å². The van der Waals surface area contributed by atoms with Crippen molar-refractivity contribution in [3.8, 4) is 5.69 Å². The number of H-pyrrole nitrogens is 1. The molecule has 0 saturated heterocycles. The molecule has 186 valence electrons. The minimum atomic E-state index is -4.06. The Balaban J connectivity index is 1.38. The van der Waals surface area contributed by atoms with E-state index in [2.05, 4.69) is 20.1 Å². The maximum Gasteiger partial charge on any atom is 0.263 e. The summed E-state index contributed by atoms with van der Waals surface area (Å²) in [6.45, 7) is 0.196. The van der Waals surface area contributed by atoms with Gasteiger partial charge in [-0.05, 0) is 48.0 Å². The van der Waals surface area contributed by atoms with Crippen LogP contribution in [0.1, 0.15) is 15.9 Å². The molecule has 5 aromatic rings. The Labute approximate surface area is 216 Å². The van der Waals surface area contributed by atoms with E-state index in [1.807, 2.05) is 30.3 Å². The number of carbonyl (C=O) groups is 1. The van der Waals surface area contributed by atoms with Gasteiger partial charge in [0, 0.05) is 40.9 Å². The molecule has 0 bridgehead atoms. The molecule has 0 atom stereocenters. The molecule has 2 heterocycles. The largest absolute Gasteiger partial charge is 0.360 e. The van der Waals surface area contributed by atoms with Crippen LogP contribution >= 0.6 is 11.6 Å². The van der Waals surface area contributed by atoms with Crippen LogP contribution in [-0.2, 0) is 16.6 Å². The molecule has 0 saturated carbocycles. The average molecular weight is 534 g/mol. The number of sulfonamides is 1. The standard InChI is InChI=1S/C26H20ClN5O4S/c27-18-8-6-17(7-9-18)15-29-26(34)22-16-28-23-11-10-20(14-21(23)25(22)33)37(35,36)31-24-12-13-32(30-24)19-4-2-1-3-5-19/h1-14,16H,15H2,(H,28,33)(H,29,34)(H,30,31). The molecule has 3 aromatic carbocycles. The molecule has 0 radical (unpaired) electrons. The number of hydrogen-bond donors (Lipinski definition) is 3. The van der Waals surface area contributed by atoms with Crippen molar-refractivity contribution in [2.75, 3.05) is 4.72 Å². The highest BCUT2D eigenvalue weighted by atomic mass is 35.5. The Hall–Kier alpha value is -4.41. The topological polar surface area (TPSA) is 126 Å². The monoisotopic (exact) mass is 533 g/mol. The summed E-state index contributed by atoms with van der Waals surface area (Å²) >= 11 is 5.88. The molecule has 5 rings (SSSR count). The highest BCUT2D eigenvalue weighted by Crippen LogP contribution is 2.19. The van der Waals surface area contributed by atoms with Gasteiger partial charge >= 0.3 is 0 Å². The van der Waals surface area contributed by atoms with Crippen molar-refractivity contribution in [2.45, 2.75) is 11.4 Å². The van der Waals surface area contributed by atoms with E-state index in [0.717, 1.165) is 11.3 Å². The van der Waals surface area contributed by atoms with Crippen LogP contribution in [0.3, 0.4) is 0 Å². The lowest BCUT2D eigenvalue weighted by atomic mass is 10.1. The van der Waals surface area contributed by atoms with Crippen LogP contribution < -0.4 is 15.5 Å². The maximum absolute atomic E-state index is 13.1. The van der Waals surface area contributed by atoms with Gasteiger partial charge < -0.3 is 10.3 Å². The zero-order chi connectivity index (χ0) is 26.0. The highest BCUT2D eigenvalue weighted by molar-refractivity contribution is 7.92. The summed E-state index contributed by atoms with van der Waals surface area (Å²) in [7, 11) is -4.06. The Kier molecular flexibility index (Phi) is 6.51. The Morgan fingerprint density at radius 2 is 1.76 bits per heavy atom. The van der Waals surface area contributed by atoms with Gasteiger partial charge in [0.1, 0.15) is 5.56 Å². The van der Waals surface area contributed by atoms with E-state index in [0.29, 0.717) is 10.5 Å². The fourth-order valence-corrected chi connectivity index (χ4v) is 4.86. The third kappa shape index (κ3) is 5.25. The Morgan fingerprint density at radius 1 is 1.00 bits per heavy atom. The predicted octanol–water partition coefficient (Wildman–Crippen LogP) is 4.10. The second kappa shape index (κ2) is 9.92. The van der Waals surface area contributed by atoms with Gasteiger partial charge in [0.25, 0.3) is 15.9 Å². The normalized spacial score (nSPS) is 11.4. The van der Waals surface area contributed by atoms with Crippen molar-refractivity contribution in [3.05, 3.63) is 118 Å². The van der Waals surface area contributed by atoms with Gasteiger partial charge in [0.05, 0.1) is 10.6 Å². The molecule has 1 amide bonds. The fraction of sp³-hybridized carbons (Fsp3) is 0.0385. The number of aromatic nitrogens is 3. The number of aromatic amines is 1. The van der Waals surface area contributed by atoms with Crippen LogP contribution in [0.25, 0.3) is 16.6 Å². The number of amides is 1. The lowest BCUT2D eigenvalue weighted by Crippen LogP contribution is -2.28. The summed E-state index contributed by atoms with van der Waals surface area (Å²) in [4.78, 5) is 28.5. The van der Waals surface area contributed by atoms with Crippen molar-refractivity contribution in [2.24, 2.45) is 0 Å². The smallest absolute Gasteiger partial charge is 0.263 e. The summed E-state index contributed by atoms with van der Waals surface area (Å²) in [6.07, 6.45) is 2.94. The van der Waals surface area contributed by atoms with Crippen molar-refractivity contribution in [3.63, 3.8) is 0 Å². The molecule has 0 aliphatic heterocycles. The van der Waals surface area contributed by atoms with E-state index < -0.39 is 21.4 Å². The van der Waals surface area contributed by atoms with E-state index in [9.17, 15) is 18.0 Å². The molecule has 9 nitrogen and oxygen atoms in total. The number of para-hydroxylation sites is 1. The molecular formula is C26H20ClN5O4S. The third-order valence-corrected chi connectivity index (χ3v) is 7.23. The molecule has 2 aromatic heterocycles. The van der Waals surface area contributed by atoms with E-state index in [4.69, 9.17) is 11.6 Å². The molecule has 0 aliphatic carbocycles. The van der Waals surface area contributed by atoms with Crippen LogP contribution in [0.2, 0.25) is 5.02 Å². The summed E-state index contributed by atoms with van der Waals surface area (Å²) < 4.78 is 30.1. The SMILES string of the molecule is O=C(NCc1ccc(Cl)cc1)c1c[nH]c2ccc(S(=O)(=O)Nc3ccn(-c4ccccc4)n3)cc2c1=O. The lowest BCUT2D eigenvalue weighted by molar-refractivity contribution is 0.0949. The number of fused-ring (bicyclic) bond motifs is 1. The summed E-state index contributed by atoms with van der Waals surface area (Å²) in [5.41, 5.74) is 1.25. The van der Waals surface area contributed by atoms with Gasteiger partial charge in [-0.15, -0.1) is 5.10 Å². The average Bonchev–Trinajstić information content (AvgIpc) is 3.36. The minimum Gasteiger partial charge on any atom is -0.360 e. The van der Waals surface area contributed by atoms with E-state index in [1.165, 1.54) is 35.1 Å². The van der Waals surface area contributed by atoms with Gasteiger partial charge in [0.2, 0.25) is 5.43 Å². The first-order valence-electron chi connectivity index (χ1n) is 11.1. The number of rotatable bonds is 7. The van der Waals surface area contributed by atoms with Gasteiger partial charge in [-0.2, -0.15) is 0 Å². The van der Waals surface area contributed by atoms with Gasteiger partial charge in [-0.3, -0.25) is 14.3 Å². The summed E-state index contributed by atoms with van der Waals surface area (Å²) in [5.74, 6) is -0.468. The van der Waals surface area contributed by atoms with Gasteiger partial charge in [-0.25, -0.2) is 13.1 Å². The van der Waals surface area contributed by atoms with Crippen molar-refractivity contribution < 1.29 is 13.2 Å². The van der Waals surface area contributed by atoms with Crippen LogP contribution in [-0.4, -0.2) is 29.1 Å². The van der Waals surface area contributed by atoms with E-state index in [1.54, 1.807) is 30.5 Å². The molecule has 37 heavy (non-hydrogen) atoms. The van der Waals surface area contributed by atoms with Crippen molar-refractivity contribution >= 4 is 44.3 Å². The highest BCUT2D eigenvalue weighted by Gasteiger charge is 2.19. The first-order chi connectivity index (χ1) is 17.8. The second-order valence-corrected chi connectivity index (χ2v) is 10.3. The second-order valence-electron chi connectivity index (χ2n) is 8.13. The number of nitrogens with zero attached hydrogens (tertiary/aromatic N) is 2. The van der Waals surface area contributed by atoms with E-state index in [-0.39, 0.29) is 28.2 Å². The number of hydrogen-bond acceptors (Lipinski definition) is 5. The predicted molar refractivity (Wildman–Crippen MR) is 142 cm³/mol. The van der Waals surface area contributed by atoms with E-state index >= 15 is 0 Å². The lowest BCUT2D eigenvalue weighted by Gasteiger charge is -2.09. The molecule has 0 spiro atoms. The molecule has 0 fully saturated rings. The number of halogens is 1. The van der Waals surface area contributed by atoms with Crippen molar-refractivity contribution in [1.82, 2.24) is 20.1 Å². The first kappa shape index (κ1) is 24.3. The number of pyridine rings is 1. The summed E-state index contributed by atoms with van der Waals surface area (Å²) in [5, 5.41) is 7.59. The van der Waals surface area contributed by atoms with Gasteiger partial charge in [0.15, 0.2) is 5.82 Å². The zero-order valence-corrected chi connectivity index (χ0v) is 20.8. The number of benzene rings is 3. The fourth-order valence-electron chi connectivity index (χ4n) is 3.71. The summed E-state index contributed by atoms with van der Waals surface area (Å²) in [6, 6.07) is 21.8. The van der Waals surface area contributed by atoms with Gasteiger partial charge in [-0.1, -0.05) is 41.9 Å². The molecule has 3 N–H and O–H groups in total. The molecule has 11 heteroatoms. The molecule has 0 aliphatic rings.